The number of fused-ring (bicyclic) bond motifs is 2. The van der Waals surface area contributed by atoms with E-state index >= 15 is 0 Å². The summed E-state index contributed by atoms with van der Waals surface area (Å²) in [5, 5.41) is 11.0. The highest BCUT2D eigenvalue weighted by atomic mass is 15.4. The minimum Gasteiger partial charge on any atom is -0.264 e. The van der Waals surface area contributed by atoms with Gasteiger partial charge in [0.25, 0.3) is 0 Å². The van der Waals surface area contributed by atoms with Crippen LogP contribution in [-0.4, -0.2) is 20.0 Å². The summed E-state index contributed by atoms with van der Waals surface area (Å²) in [6, 6.07) is 14.8. The van der Waals surface area contributed by atoms with Gasteiger partial charge in [-0.15, -0.1) is 5.10 Å². The quantitative estimate of drug-likeness (QED) is 0.562. The highest BCUT2D eigenvalue weighted by Crippen LogP contribution is 2.28. The van der Waals surface area contributed by atoms with Crippen LogP contribution in [0.1, 0.15) is 17.5 Å². The summed E-state index contributed by atoms with van der Waals surface area (Å²) in [5.74, 6) is 0. The first-order valence-corrected chi connectivity index (χ1v) is 8.26. The second kappa shape index (κ2) is 5.27. The predicted octanol–water partition coefficient (Wildman–Crippen LogP) is 3.97. The lowest BCUT2D eigenvalue weighted by Crippen LogP contribution is -1.96. The number of benzene rings is 2. The maximum Gasteiger partial charge on any atom is 0.114 e. The first-order chi connectivity index (χ1) is 11.9. The van der Waals surface area contributed by atoms with Crippen molar-refractivity contribution in [2.45, 2.75) is 19.3 Å². The maximum absolute atomic E-state index is 4.39. The van der Waals surface area contributed by atoms with E-state index in [0.29, 0.717) is 0 Å². The van der Waals surface area contributed by atoms with Crippen molar-refractivity contribution in [3.8, 4) is 16.9 Å². The fourth-order valence-electron chi connectivity index (χ4n) is 3.55. The van der Waals surface area contributed by atoms with Gasteiger partial charge >= 0.3 is 0 Å². The molecule has 24 heavy (non-hydrogen) atoms. The van der Waals surface area contributed by atoms with E-state index in [2.05, 4.69) is 45.6 Å². The molecule has 0 atom stereocenters. The molecule has 4 heteroatoms. The van der Waals surface area contributed by atoms with Crippen LogP contribution in [0.25, 0.3) is 27.7 Å². The summed E-state index contributed by atoms with van der Waals surface area (Å²) in [7, 11) is 0. The van der Waals surface area contributed by atoms with Crippen LogP contribution in [0, 0.1) is 0 Å². The summed E-state index contributed by atoms with van der Waals surface area (Å²) in [6.07, 6.45) is 9.32. The van der Waals surface area contributed by atoms with Crippen LogP contribution in [-0.2, 0) is 12.8 Å². The van der Waals surface area contributed by atoms with Gasteiger partial charge in [0.15, 0.2) is 0 Å². The molecule has 4 nitrogen and oxygen atoms in total. The van der Waals surface area contributed by atoms with Crippen molar-refractivity contribution in [3.63, 3.8) is 0 Å². The Kier molecular flexibility index (Phi) is 2.95. The van der Waals surface area contributed by atoms with Gasteiger partial charge in [-0.2, -0.15) is 0 Å². The largest absolute Gasteiger partial charge is 0.264 e. The number of hydrogen-bond acceptors (Lipinski definition) is 3. The van der Waals surface area contributed by atoms with Gasteiger partial charge in [-0.05, 0) is 54.0 Å². The lowest BCUT2D eigenvalue weighted by atomic mass is 10.0. The van der Waals surface area contributed by atoms with Gasteiger partial charge < -0.3 is 0 Å². The predicted molar refractivity (Wildman–Crippen MR) is 94.1 cm³/mol. The van der Waals surface area contributed by atoms with Gasteiger partial charge in [0.1, 0.15) is 5.69 Å². The molecule has 0 spiro atoms. The molecule has 0 saturated carbocycles. The van der Waals surface area contributed by atoms with Crippen molar-refractivity contribution < 1.29 is 0 Å². The zero-order valence-electron chi connectivity index (χ0n) is 13.2. The average Bonchev–Trinajstić information content (AvgIpc) is 3.30. The van der Waals surface area contributed by atoms with E-state index in [1.165, 1.54) is 30.4 Å². The molecule has 0 aliphatic heterocycles. The minimum absolute atomic E-state index is 0.870. The Balaban J connectivity index is 1.60. The smallest absolute Gasteiger partial charge is 0.114 e. The van der Waals surface area contributed by atoms with Gasteiger partial charge in [-0.25, -0.2) is 4.68 Å². The zero-order chi connectivity index (χ0) is 15.9. The fraction of sp³-hybridized carbons (Fsp3) is 0.150. The molecule has 116 valence electrons. The van der Waals surface area contributed by atoms with Gasteiger partial charge in [-0.3, -0.25) is 4.98 Å². The molecule has 0 bridgehead atoms. The molecule has 0 radical (unpaired) electrons. The fourth-order valence-corrected chi connectivity index (χ4v) is 3.55. The van der Waals surface area contributed by atoms with Crippen LogP contribution in [0.3, 0.4) is 0 Å². The normalized spacial score (nSPS) is 13.3. The summed E-state index contributed by atoms with van der Waals surface area (Å²) >= 11 is 0. The highest BCUT2D eigenvalue weighted by Gasteiger charge is 2.13. The molecule has 0 saturated heterocycles. The van der Waals surface area contributed by atoms with E-state index in [4.69, 9.17) is 0 Å². The van der Waals surface area contributed by atoms with Gasteiger partial charge in [0, 0.05) is 23.3 Å². The van der Waals surface area contributed by atoms with E-state index in [1.54, 1.807) is 0 Å². The second-order valence-corrected chi connectivity index (χ2v) is 6.26. The van der Waals surface area contributed by atoms with Crippen LogP contribution >= 0.6 is 0 Å². The number of hydrogen-bond donors (Lipinski definition) is 0. The van der Waals surface area contributed by atoms with Crippen LogP contribution in [0.15, 0.2) is 61.1 Å². The topological polar surface area (TPSA) is 43.6 Å². The molecule has 2 heterocycles. The van der Waals surface area contributed by atoms with E-state index < -0.39 is 0 Å². The molecule has 2 aromatic carbocycles. The van der Waals surface area contributed by atoms with Crippen LogP contribution in [0.2, 0.25) is 0 Å². The Morgan fingerprint density at radius 3 is 2.92 bits per heavy atom. The molecule has 0 unspecified atom stereocenters. The summed E-state index contributed by atoms with van der Waals surface area (Å²) < 4.78 is 1.86. The average molecular weight is 312 g/mol. The third-order valence-corrected chi connectivity index (χ3v) is 4.80. The molecule has 5 rings (SSSR count). The van der Waals surface area contributed by atoms with Gasteiger partial charge in [0.2, 0.25) is 0 Å². The monoisotopic (exact) mass is 312 g/mol. The van der Waals surface area contributed by atoms with Crippen molar-refractivity contribution in [1.82, 2.24) is 20.0 Å². The van der Waals surface area contributed by atoms with Crippen LogP contribution in [0.4, 0.5) is 0 Å². The van der Waals surface area contributed by atoms with E-state index in [0.717, 1.165) is 27.7 Å². The first kappa shape index (κ1) is 13.4. The molecule has 0 amide bonds. The Labute approximate surface area is 139 Å². The van der Waals surface area contributed by atoms with Crippen molar-refractivity contribution in [3.05, 3.63) is 72.2 Å². The number of rotatable bonds is 2. The molecule has 0 fully saturated rings. The second-order valence-electron chi connectivity index (χ2n) is 6.26. The van der Waals surface area contributed by atoms with Gasteiger partial charge in [0.05, 0.1) is 11.9 Å². The Morgan fingerprint density at radius 1 is 0.958 bits per heavy atom. The molecule has 4 aromatic rings. The summed E-state index contributed by atoms with van der Waals surface area (Å²) in [4.78, 5) is 4.25. The molecular weight excluding hydrogens is 296 g/mol. The zero-order valence-corrected chi connectivity index (χ0v) is 13.2. The number of nitrogens with zero attached hydrogens (tertiary/aromatic N) is 4. The lowest BCUT2D eigenvalue weighted by molar-refractivity contribution is 0.802. The molecule has 1 aliphatic rings. The Morgan fingerprint density at radius 2 is 1.92 bits per heavy atom. The van der Waals surface area contributed by atoms with Crippen molar-refractivity contribution in [2.24, 2.45) is 0 Å². The standard InChI is InChI=1S/C20H16N4/c1-3-14-7-8-17(11-16(14)5-1)24-13-20(22-23-24)18-6-2-4-15-9-10-21-12-19(15)18/h2,4,6-13H,1,3,5H2. The first-order valence-electron chi connectivity index (χ1n) is 8.26. The van der Waals surface area contributed by atoms with E-state index in [-0.39, 0.29) is 0 Å². The highest BCUT2D eigenvalue weighted by molar-refractivity contribution is 5.94. The maximum atomic E-state index is 4.39. The Bertz CT molecular complexity index is 1040. The molecule has 1 aliphatic carbocycles. The molecule has 0 N–H and O–H groups in total. The molecule has 2 aromatic heterocycles. The van der Waals surface area contributed by atoms with Gasteiger partial charge in [-0.1, -0.05) is 29.5 Å². The van der Waals surface area contributed by atoms with Crippen LogP contribution in [0.5, 0.6) is 0 Å². The Hall–Kier alpha value is -3.01. The third kappa shape index (κ3) is 2.11. The molecular formula is C20H16N4. The number of aromatic nitrogens is 4. The number of pyridine rings is 1. The van der Waals surface area contributed by atoms with Crippen molar-refractivity contribution in [1.29, 1.82) is 0 Å². The summed E-state index contributed by atoms with van der Waals surface area (Å²) in [5.41, 5.74) is 5.92. The number of aryl methyl sites for hydroxylation is 2. The van der Waals surface area contributed by atoms with Crippen molar-refractivity contribution in [2.75, 3.05) is 0 Å². The third-order valence-electron chi connectivity index (χ3n) is 4.80. The van der Waals surface area contributed by atoms with Crippen LogP contribution < -0.4 is 0 Å². The van der Waals surface area contributed by atoms with Crippen molar-refractivity contribution >= 4 is 10.8 Å². The minimum atomic E-state index is 0.870. The lowest BCUT2D eigenvalue weighted by Gasteiger charge is -2.04. The summed E-state index contributed by atoms with van der Waals surface area (Å²) in [6.45, 7) is 0. The SMILES string of the molecule is c1cc(-c2cn(-c3ccc4c(c3)CCC4)nn2)c2cnccc2c1. The van der Waals surface area contributed by atoms with E-state index in [1.807, 2.05) is 35.4 Å². The van der Waals surface area contributed by atoms with E-state index in [9.17, 15) is 0 Å².